The third-order valence-corrected chi connectivity index (χ3v) is 8.12. The molecule has 0 saturated carbocycles. The fourth-order valence-electron chi connectivity index (χ4n) is 4.42. The zero-order valence-electron chi connectivity index (χ0n) is 22.3. The van der Waals surface area contributed by atoms with Crippen LogP contribution < -0.4 is 10.6 Å². The van der Waals surface area contributed by atoms with Gasteiger partial charge in [0, 0.05) is 31.0 Å². The van der Waals surface area contributed by atoms with Crippen molar-refractivity contribution in [3.63, 3.8) is 0 Å². The first-order valence-corrected chi connectivity index (χ1v) is 14.9. The molecule has 0 aliphatic carbocycles. The Hall–Kier alpha value is -3.95. The number of benzene rings is 3. The molecule has 3 amide bonds. The number of carbonyl (C=O) groups is 2. The Morgan fingerprint density at radius 1 is 0.825 bits per heavy atom. The van der Waals surface area contributed by atoms with E-state index in [0.717, 1.165) is 16.5 Å². The SMILES string of the molecule is O=C(NC(C=CS(=O)(=O)c1ccccc1)CCc1ccccc1)[C@H](Cc1ccccc1)NC(=O)N1CCOCC1. The van der Waals surface area contributed by atoms with E-state index in [2.05, 4.69) is 10.6 Å². The molecule has 9 heteroatoms. The van der Waals surface area contributed by atoms with E-state index >= 15 is 0 Å². The van der Waals surface area contributed by atoms with Crippen molar-refractivity contribution in [3.8, 4) is 0 Å². The standard InChI is InChI=1S/C31H35N3O5S/c35-30(29(24-26-12-6-2-7-13-26)33-31(36)34-19-21-39-22-20-34)32-27(17-16-25-10-4-1-5-11-25)18-23-40(37,38)28-14-8-3-9-15-28/h1-15,18,23,27,29H,16-17,19-22,24H2,(H,32,35)(H,33,36)/t27?,29-/m0/s1. The Morgan fingerprint density at radius 3 is 2.02 bits per heavy atom. The van der Waals surface area contributed by atoms with Crippen molar-refractivity contribution in [1.82, 2.24) is 15.5 Å². The normalized spacial score (nSPS) is 15.3. The van der Waals surface area contributed by atoms with Gasteiger partial charge in [0.15, 0.2) is 9.84 Å². The minimum absolute atomic E-state index is 0.180. The lowest BCUT2D eigenvalue weighted by molar-refractivity contribution is -0.123. The molecule has 2 atom stereocenters. The number of rotatable bonds is 11. The summed E-state index contributed by atoms with van der Waals surface area (Å²) >= 11 is 0. The van der Waals surface area contributed by atoms with Crippen LogP contribution in [0.3, 0.4) is 0 Å². The molecular weight excluding hydrogens is 526 g/mol. The summed E-state index contributed by atoms with van der Waals surface area (Å²) in [5.74, 6) is -0.384. The van der Waals surface area contributed by atoms with E-state index in [0.29, 0.717) is 45.6 Å². The van der Waals surface area contributed by atoms with Gasteiger partial charge in [-0.3, -0.25) is 4.79 Å². The van der Waals surface area contributed by atoms with E-state index in [1.54, 1.807) is 23.1 Å². The Bertz CT molecular complexity index is 1360. The quantitative estimate of drug-likeness (QED) is 0.371. The molecule has 3 aromatic carbocycles. The van der Waals surface area contributed by atoms with Crippen molar-refractivity contribution in [1.29, 1.82) is 0 Å². The highest BCUT2D eigenvalue weighted by Gasteiger charge is 2.26. The third-order valence-electron chi connectivity index (χ3n) is 6.67. The van der Waals surface area contributed by atoms with E-state index < -0.39 is 21.9 Å². The average molecular weight is 562 g/mol. The zero-order valence-corrected chi connectivity index (χ0v) is 23.1. The lowest BCUT2D eigenvalue weighted by Crippen LogP contribution is -2.55. The summed E-state index contributed by atoms with van der Waals surface area (Å²) in [5, 5.41) is 7.03. The van der Waals surface area contributed by atoms with Crippen LogP contribution in [0.5, 0.6) is 0 Å². The van der Waals surface area contributed by atoms with E-state index in [1.165, 1.54) is 18.2 Å². The van der Waals surface area contributed by atoms with Gasteiger partial charge in [0.2, 0.25) is 5.91 Å². The Labute approximate surface area is 236 Å². The first-order valence-electron chi connectivity index (χ1n) is 13.4. The molecule has 4 rings (SSSR count). The number of aryl methyl sites for hydroxylation is 1. The van der Waals surface area contributed by atoms with Crippen molar-refractivity contribution in [3.05, 3.63) is 114 Å². The maximum atomic E-state index is 13.6. The highest BCUT2D eigenvalue weighted by atomic mass is 32.2. The molecule has 3 aromatic rings. The number of ether oxygens (including phenoxy) is 1. The monoisotopic (exact) mass is 561 g/mol. The van der Waals surface area contributed by atoms with Crippen LogP contribution in [0.15, 0.2) is 107 Å². The molecule has 1 fully saturated rings. The van der Waals surface area contributed by atoms with Crippen molar-refractivity contribution in [2.75, 3.05) is 26.3 Å². The lowest BCUT2D eigenvalue weighted by atomic mass is 10.0. The number of carbonyl (C=O) groups excluding carboxylic acids is 2. The average Bonchev–Trinajstić information content (AvgIpc) is 3.00. The maximum Gasteiger partial charge on any atom is 0.318 e. The minimum Gasteiger partial charge on any atom is -0.378 e. The van der Waals surface area contributed by atoms with Crippen LogP contribution >= 0.6 is 0 Å². The summed E-state index contributed by atoms with van der Waals surface area (Å²) in [7, 11) is -3.70. The number of hydrogen-bond donors (Lipinski definition) is 2. The second kappa shape index (κ2) is 14.4. The van der Waals surface area contributed by atoms with Gasteiger partial charge in [-0.2, -0.15) is 0 Å². The van der Waals surface area contributed by atoms with Gasteiger partial charge in [-0.05, 0) is 36.1 Å². The number of nitrogens with one attached hydrogen (secondary N) is 2. The molecule has 40 heavy (non-hydrogen) atoms. The Morgan fingerprint density at radius 2 is 1.40 bits per heavy atom. The number of morpholine rings is 1. The predicted molar refractivity (Wildman–Crippen MR) is 154 cm³/mol. The van der Waals surface area contributed by atoms with Gasteiger partial charge >= 0.3 is 6.03 Å². The Balaban J connectivity index is 1.53. The van der Waals surface area contributed by atoms with Crippen LogP contribution in [0.4, 0.5) is 4.79 Å². The molecule has 0 spiro atoms. The number of sulfone groups is 1. The van der Waals surface area contributed by atoms with E-state index in [-0.39, 0.29) is 16.8 Å². The summed E-state index contributed by atoms with van der Waals surface area (Å²) in [6.07, 6.45) is 2.92. The number of amides is 3. The number of urea groups is 1. The van der Waals surface area contributed by atoms with Crippen LogP contribution in [-0.2, 0) is 32.2 Å². The van der Waals surface area contributed by atoms with Gasteiger partial charge in [-0.25, -0.2) is 13.2 Å². The van der Waals surface area contributed by atoms with Crippen molar-refractivity contribution in [2.24, 2.45) is 0 Å². The first kappa shape index (κ1) is 29.0. The summed E-state index contributed by atoms with van der Waals surface area (Å²) < 4.78 is 31.2. The molecule has 1 heterocycles. The van der Waals surface area contributed by atoms with Crippen molar-refractivity contribution in [2.45, 2.75) is 36.2 Å². The first-order chi connectivity index (χ1) is 19.4. The maximum absolute atomic E-state index is 13.6. The molecule has 2 N–H and O–H groups in total. The summed E-state index contributed by atoms with van der Waals surface area (Å²) in [5.41, 5.74) is 1.97. The van der Waals surface area contributed by atoms with E-state index in [1.807, 2.05) is 60.7 Å². The van der Waals surface area contributed by atoms with Crippen molar-refractivity contribution >= 4 is 21.8 Å². The van der Waals surface area contributed by atoms with Gasteiger partial charge in [-0.15, -0.1) is 0 Å². The molecule has 210 valence electrons. The molecule has 1 aliphatic rings. The molecule has 1 unspecified atom stereocenters. The second-order valence-electron chi connectivity index (χ2n) is 9.62. The minimum atomic E-state index is -3.70. The van der Waals surface area contributed by atoms with Crippen LogP contribution in [0, 0.1) is 0 Å². The van der Waals surface area contributed by atoms with Crippen LogP contribution in [0.1, 0.15) is 17.5 Å². The summed E-state index contributed by atoms with van der Waals surface area (Å²) in [6, 6.07) is 25.7. The fourth-order valence-corrected chi connectivity index (χ4v) is 5.51. The number of nitrogens with zero attached hydrogens (tertiary/aromatic N) is 1. The zero-order chi connectivity index (χ0) is 28.2. The Kier molecular flexibility index (Phi) is 10.5. The van der Waals surface area contributed by atoms with Gasteiger partial charge in [0.25, 0.3) is 0 Å². The van der Waals surface area contributed by atoms with E-state index in [9.17, 15) is 18.0 Å². The van der Waals surface area contributed by atoms with E-state index in [4.69, 9.17) is 4.74 Å². The summed E-state index contributed by atoms with van der Waals surface area (Å²) in [4.78, 5) is 28.4. The second-order valence-corrected chi connectivity index (χ2v) is 11.5. The lowest BCUT2D eigenvalue weighted by Gasteiger charge is -2.29. The molecule has 8 nitrogen and oxygen atoms in total. The topological polar surface area (TPSA) is 105 Å². The molecule has 0 radical (unpaired) electrons. The van der Waals surface area contributed by atoms with Gasteiger partial charge in [-0.1, -0.05) is 84.9 Å². The van der Waals surface area contributed by atoms with Crippen molar-refractivity contribution < 1.29 is 22.7 Å². The molecule has 1 saturated heterocycles. The number of hydrogen-bond acceptors (Lipinski definition) is 5. The highest BCUT2D eigenvalue weighted by Crippen LogP contribution is 2.14. The molecular formula is C31H35N3O5S. The van der Waals surface area contributed by atoms with Gasteiger partial charge < -0.3 is 20.3 Å². The summed E-state index contributed by atoms with van der Waals surface area (Å²) in [6.45, 7) is 1.80. The third kappa shape index (κ3) is 8.79. The predicted octanol–water partition coefficient (Wildman–Crippen LogP) is 3.74. The van der Waals surface area contributed by atoms with Crippen LogP contribution in [0.2, 0.25) is 0 Å². The highest BCUT2D eigenvalue weighted by molar-refractivity contribution is 7.94. The van der Waals surface area contributed by atoms with Gasteiger partial charge in [0.05, 0.1) is 18.1 Å². The van der Waals surface area contributed by atoms with Crippen LogP contribution in [0.25, 0.3) is 0 Å². The fraction of sp³-hybridized carbons (Fsp3) is 0.290. The van der Waals surface area contributed by atoms with Gasteiger partial charge in [0.1, 0.15) is 6.04 Å². The largest absolute Gasteiger partial charge is 0.378 e. The molecule has 1 aliphatic heterocycles. The smallest absolute Gasteiger partial charge is 0.318 e. The molecule has 0 bridgehead atoms. The molecule has 0 aromatic heterocycles. The van der Waals surface area contributed by atoms with Crippen LogP contribution in [-0.4, -0.2) is 63.6 Å².